The van der Waals surface area contributed by atoms with Gasteiger partial charge in [0.2, 0.25) is 0 Å². The highest BCUT2D eigenvalue weighted by molar-refractivity contribution is 6.15. The van der Waals surface area contributed by atoms with Crippen molar-refractivity contribution in [3.8, 4) is 0 Å². The lowest BCUT2D eigenvalue weighted by Crippen LogP contribution is -1.70. The smallest absolute Gasteiger partial charge is 0.290 e. The highest BCUT2D eigenvalue weighted by atomic mass is 16.4. The molecule has 0 aromatic heterocycles. The first-order valence-electron chi connectivity index (χ1n) is 1.74. The van der Waals surface area contributed by atoms with Crippen molar-refractivity contribution in [2.45, 2.75) is 0 Å². The molecular weight excluding hydrogens is 128 g/mol. The van der Waals surface area contributed by atoms with Gasteiger partial charge < -0.3 is 15.5 Å². The van der Waals surface area contributed by atoms with Gasteiger partial charge >= 0.3 is 0 Å². The van der Waals surface area contributed by atoms with E-state index in [1.54, 1.807) is 0 Å². The molecule has 0 atom stereocenters. The van der Waals surface area contributed by atoms with Crippen molar-refractivity contribution in [1.82, 2.24) is 0 Å². The van der Waals surface area contributed by atoms with Crippen molar-refractivity contribution in [3.05, 3.63) is 0 Å². The zero-order valence-electron chi connectivity index (χ0n) is 4.38. The molecule has 0 rings (SSSR count). The Bertz CT molecular complexity index is 90.0. The van der Waals surface area contributed by atoms with Crippen LogP contribution in [-0.4, -0.2) is 34.4 Å². The summed E-state index contributed by atoms with van der Waals surface area (Å²) in [6.07, 6.45) is 1.89. The number of oxime groups is 2. The molecule has 0 spiro atoms. The first-order chi connectivity index (χ1) is 4.33. The second-order valence-electron chi connectivity index (χ2n) is 0.634. The lowest BCUT2D eigenvalue weighted by molar-refractivity contribution is -0.122. The Kier molecular flexibility index (Phi) is 18.6. The van der Waals surface area contributed by atoms with E-state index in [1.165, 1.54) is 0 Å². The summed E-state index contributed by atoms with van der Waals surface area (Å²) < 4.78 is 0. The van der Waals surface area contributed by atoms with Crippen LogP contribution >= 0.6 is 0 Å². The van der Waals surface area contributed by atoms with Gasteiger partial charge in [-0.25, -0.2) is 0 Å². The van der Waals surface area contributed by atoms with E-state index in [2.05, 4.69) is 10.3 Å². The fraction of sp³-hybridized carbons (Fsp3) is 0. The molecule has 6 nitrogen and oxygen atoms in total. The number of nitrogens with zero attached hydrogens (tertiary/aromatic N) is 2. The van der Waals surface area contributed by atoms with Crippen LogP contribution in [0.3, 0.4) is 0 Å². The minimum absolute atomic E-state index is 0.250. The van der Waals surface area contributed by atoms with E-state index in [0.717, 1.165) is 12.4 Å². The molecule has 0 saturated heterocycles. The first-order valence-corrected chi connectivity index (χ1v) is 1.74. The highest BCUT2D eigenvalue weighted by Crippen LogP contribution is 1.45. The van der Waals surface area contributed by atoms with E-state index in [1.807, 2.05) is 0 Å². The van der Waals surface area contributed by atoms with Gasteiger partial charge in [-0.3, -0.25) is 4.79 Å². The van der Waals surface area contributed by atoms with Crippen LogP contribution in [0.2, 0.25) is 0 Å². The predicted molar refractivity (Wildman–Crippen MR) is 29.2 cm³/mol. The maximum absolute atomic E-state index is 8.36. The molecule has 0 amide bonds. The molecule has 0 aliphatic carbocycles. The van der Waals surface area contributed by atoms with Crippen molar-refractivity contribution in [2.75, 3.05) is 0 Å². The van der Waals surface area contributed by atoms with Gasteiger partial charge in [0.05, 0.1) is 12.4 Å². The molecule has 0 aliphatic heterocycles. The molecule has 0 aromatic rings. The van der Waals surface area contributed by atoms with Crippen LogP contribution in [-0.2, 0) is 4.79 Å². The van der Waals surface area contributed by atoms with Crippen LogP contribution in [0, 0.1) is 0 Å². The van der Waals surface area contributed by atoms with Crippen LogP contribution in [0.4, 0.5) is 0 Å². The number of carboxylic acid groups (broad SMARTS) is 1. The summed E-state index contributed by atoms with van der Waals surface area (Å²) in [4.78, 5) is 8.36. The molecule has 52 valence electrons. The van der Waals surface area contributed by atoms with E-state index in [4.69, 9.17) is 20.3 Å². The van der Waals surface area contributed by atoms with Crippen LogP contribution in [0.25, 0.3) is 0 Å². The zero-order valence-corrected chi connectivity index (χ0v) is 4.38. The van der Waals surface area contributed by atoms with Gasteiger partial charge in [-0.1, -0.05) is 10.3 Å². The Morgan fingerprint density at radius 2 is 1.33 bits per heavy atom. The molecule has 0 aromatic carbocycles. The number of carbonyl (C=O) groups is 1. The van der Waals surface area contributed by atoms with Gasteiger partial charge in [0.25, 0.3) is 6.47 Å². The van der Waals surface area contributed by atoms with Crippen LogP contribution in [0.5, 0.6) is 0 Å². The Morgan fingerprint density at radius 3 is 1.44 bits per heavy atom. The lowest BCUT2D eigenvalue weighted by Gasteiger charge is -1.62. The minimum atomic E-state index is -0.250. The Morgan fingerprint density at radius 1 is 1.11 bits per heavy atom. The third-order valence-corrected chi connectivity index (χ3v) is 0.200. The molecule has 0 heterocycles. The van der Waals surface area contributed by atoms with Gasteiger partial charge in [-0.2, -0.15) is 0 Å². The number of rotatable bonds is 1. The predicted octanol–water partition coefficient (Wildman–Crippen LogP) is -0.393. The number of hydrogen-bond acceptors (Lipinski definition) is 5. The molecule has 0 fully saturated rings. The standard InChI is InChI=1S/C2H4N2O2.CH2O2/c5-3-1-2-4-6;2-1-3/h1-2,5-6H;1H,(H,2,3). The van der Waals surface area contributed by atoms with Gasteiger partial charge in [-0.15, -0.1) is 0 Å². The van der Waals surface area contributed by atoms with Gasteiger partial charge in [-0.05, 0) is 0 Å². The fourth-order valence-electron chi connectivity index (χ4n) is 0.0596. The summed E-state index contributed by atoms with van der Waals surface area (Å²) in [6, 6.07) is 0. The minimum Gasteiger partial charge on any atom is -0.483 e. The normalized spacial score (nSPS) is 8.89. The molecule has 0 unspecified atom stereocenters. The summed E-state index contributed by atoms with van der Waals surface area (Å²) in [5, 5.41) is 27.0. The summed E-state index contributed by atoms with van der Waals surface area (Å²) in [5.74, 6) is 0. The van der Waals surface area contributed by atoms with Gasteiger partial charge in [0.15, 0.2) is 0 Å². The maximum Gasteiger partial charge on any atom is 0.290 e. The van der Waals surface area contributed by atoms with Crippen LogP contribution in [0.15, 0.2) is 10.3 Å². The monoisotopic (exact) mass is 134 g/mol. The Balaban J connectivity index is 0. The van der Waals surface area contributed by atoms with E-state index < -0.39 is 0 Å². The first kappa shape index (κ1) is 10.4. The van der Waals surface area contributed by atoms with Crippen LogP contribution < -0.4 is 0 Å². The van der Waals surface area contributed by atoms with E-state index >= 15 is 0 Å². The molecule has 0 radical (unpaired) electrons. The van der Waals surface area contributed by atoms with E-state index in [9.17, 15) is 0 Å². The Labute approximate surface area is 50.7 Å². The quantitative estimate of drug-likeness (QED) is 0.196. The van der Waals surface area contributed by atoms with Gasteiger partial charge in [0, 0.05) is 0 Å². The van der Waals surface area contributed by atoms with E-state index in [-0.39, 0.29) is 6.47 Å². The van der Waals surface area contributed by atoms with Crippen molar-refractivity contribution in [2.24, 2.45) is 10.3 Å². The molecule has 0 bridgehead atoms. The van der Waals surface area contributed by atoms with Crippen LogP contribution in [0.1, 0.15) is 0 Å². The molecular formula is C3H6N2O4. The second kappa shape index (κ2) is 16.1. The summed E-state index contributed by atoms with van der Waals surface area (Å²) in [7, 11) is 0. The lowest BCUT2D eigenvalue weighted by atomic mass is 10.8. The summed E-state index contributed by atoms with van der Waals surface area (Å²) >= 11 is 0. The van der Waals surface area contributed by atoms with E-state index in [0.29, 0.717) is 0 Å². The SMILES string of the molecule is O=CO.ON=CC=NO. The molecule has 3 N–H and O–H groups in total. The van der Waals surface area contributed by atoms with Crippen molar-refractivity contribution >= 4 is 18.9 Å². The molecule has 0 aliphatic rings. The Hall–Kier alpha value is -1.59. The number of hydrogen-bond donors (Lipinski definition) is 3. The van der Waals surface area contributed by atoms with Crippen molar-refractivity contribution in [1.29, 1.82) is 0 Å². The van der Waals surface area contributed by atoms with Crippen molar-refractivity contribution < 1.29 is 20.3 Å². The van der Waals surface area contributed by atoms with Crippen molar-refractivity contribution in [3.63, 3.8) is 0 Å². The average Bonchev–Trinajstić information content (AvgIpc) is 1.86. The molecule has 6 heteroatoms. The topological polar surface area (TPSA) is 102 Å². The largest absolute Gasteiger partial charge is 0.483 e. The third kappa shape index (κ3) is 62.7. The average molecular weight is 134 g/mol. The third-order valence-electron chi connectivity index (χ3n) is 0.200. The van der Waals surface area contributed by atoms with Gasteiger partial charge in [0.1, 0.15) is 0 Å². The fourth-order valence-corrected chi connectivity index (χ4v) is 0.0596. The maximum atomic E-state index is 8.36. The second-order valence-corrected chi connectivity index (χ2v) is 0.634. The summed E-state index contributed by atoms with van der Waals surface area (Å²) in [5.41, 5.74) is 0. The highest BCUT2D eigenvalue weighted by Gasteiger charge is 1.54. The molecule has 9 heavy (non-hydrogen) atoms. The molecule has 0 saturated carbocycles. The summed E-state index contributed by atoms with van der Waals surface area (Å²) in [6.45, 7) is -0.250. The zero-order chi connectivity index (χ0) is 7.54.